The van der Waals surface area contributed by atoms with Crippen molar-refractivity contribution in [3.05, 3.63) is 68.4 Å². The van der Waals surface area contributed by atoms with Crippen molar-refractivity contribution in [1.82, 2.24) is 5.43 Å². The van der Waals surface area contributed by atoms with Gasteiger partial charge in [-0.2, -0.15) is 5.10 Å². The standard InChI is InChI=1S/C20H18BrN3O5/c1-3-12(2)28-18-6-4-13(8-16(18)21)11-22-23-20(25)19-10-14-9-15(24(26)27)5-7-17(14)29-19/h4-12H,3H2,1-2H3,(H,23,25)/b22-11-/t12-/m1/s1. The zero-order valence-corrected chi connectivity index (χ0v) is 17.3. The maximum Gasteiger partial charge on any atom is 0.307 e. The number of benzene rings is 2. The van der Waals surface area contributed by atoms with Gasteiger partial charge in [-0.25, -0.2) is 5.43 Å². The summed E-state index contributed by atoms with van der Waals surface area (Å²) >= 11 is 3.46. The van der Waals surface area contributed by atoms with E-state index in [2.05, 4.69) is 26.5 Å². The second kappa shape index (κ2) is 8.87. The number of rotatable bonds is 7. The number of hydrazone groups is 1. The number of nitrogens with zero attached hydrogens (tertiary/aromatic N) is 2. The molecule has 3 aromatic rings. The number of halogens is 1. The molecule has 2 aromatic carbocycles. The van der Waals surface area contributed by atoms with Crippen LogP contribution in [-0.2, 0) is 0 Å². The average molecular weight is 460 g/mol. The van der Waals surface area contributed by atoms with Crippen molar-refractivity contribution >= 4 is 44.7 Å². The fraction of sp³-hybridized carbons (Fsp3) is 0.200. The van der Waals surface area contributed by atoms with Crippen molar-refractivity contribution < 1.29 is 18.9 Å². The van der Waals surface area contributed by atoms with E-state index in [4.69, 9.17) is 9.15 Å². The molecule has 0 radical (unpaired) electrons. The highest BCUT2D eigenvalue weighted by molar-refractivity contribution is 9.10. The molecule has 0 bridgehead atoms. The van der Waals surface area contributed by atoms with E-state index in [-0.39, 0.29) is 17.6 Å². The van der Waals surface area contributed by atoms with Gasteiger partial charge in [0.05, 0.1) is 21.7 Å². The molecule has 0 aliphatic heterocycles. The van der Waals surface area contributed by atoms with Crippen LogP contribution in [0.2, 0.25) is 0 Å². The molecule has 0 fully saturated rings. The van der Waals surface area contributed by atoms with E-state index in [1.165, 1.54) is 30.5 Å². The Morgan fingerprint density at radius 1 is 1.34 bits per heavy atom. The molecule has 0 saturated heterocycles. The molecule has 0 aliphatic rings. The summed E-state index contributed by atoms with van der Waals surface area (Å²) in [5.74, 6) is 0.184. The smallest absolute Gasteiger partial charge is 0.307 e. The number of fused-ring (bicyclic) bond motifs is 1. The first-order valence-electron chi connectivity index (χ1n) is 8.85. The van der Waals surface area contributed by atoms with Crippen LogP contribution in [0.25, 0.3) is 11.0 Å². The highest BCUT2D eigenvalue weighted by Crippen LogP contribution is 2.27. The summed E-state index contributed by atoms with van der Waals surface area (Å²) in [6.45, 7) is 4.04. The van der Waals surface area contributed by atoms with Crippen molar-refractivity contribution in [2.45, 2.75) is 26.4 Å². The Bertz CT molecular complexity index is 1090. The second-order valence-corrected chi connectivity index (χ2v) is 7.17. The number of carbonyl (C=O) groups is 1. The van der Waals surface area contributed by atoms with E-state index < -0.39 is 10.8 Å². The molecule has 0 spiro atoms. The zero-order chi connectivity index (χ0) is 21.0. The van der Waals surface area contributed by atoms with Gasteiger partial charge in [0.2, 0.25) is 0 Å². The third-order valence-electron chi connectivity index (χ3n) is 4.17. The number of hydrogen-bond donors (Lipinski definition) is 1. The molecule has 29 heavy (non-hydrogen) atoms. The van der Waals surface area contributed by atoms with Crippen LogP contribution < -0.4 is 10.2 Å². The van der Waals surface area contributed by atoms with E-state index >= 15 is 0 Å². The Labute approximate surface area is 174 Å². The van der Waals surface area contributed by atoms with Gasteiger partial charge in [-0.05, 0) is 65.2 Å². The molecular formula is C20H18BrN3O5. The lowest BCUT2D eigenvalue weighted by atomic mass is 10.2. The first-order valence-corrected chi connectivity index (χ1v) is 9.64. The number of carbonyl (C=O) groups excluding carboxylic acids is 1. The summed E-state index contributed by atoms with van der Waals surface area (Å²) in [7, 11) is 0. The number of furan rings is 1. The van der Waals surface area contributed by atoms with Crippen LogP contribution in [-0.4, -0.2) is 23.1 Å². The van der Waals surface area contributed by atoms with Crippen molar-refractivity contribution in [2.24, 2.45) is 5.10 Å². The summed E-state index contributed by atoms with van der Waals surface area (Å²) in [5, 5.41) is 15.2. The normalized spacial score (nSPS) is 12.2. The third-order valence-corrected chi connectivity index (χ3v) is 4.79. The van der Waals surface area contributed by atoms with Crippen LogP contribution >= 0.6 is 15.9 Å². The topological polar surface area (TPSA) is 107 Å². The molecule has 0 saturated carbocycles. The molecule has 0 aliphatic carbocycles. The van der Waals surface area contributed by atoms with E-state index in [1.807, 2.05) is 32.0 Å². The van der Waals surface area contributed by atoms with E-state index in [1.54, 1.807) is 0 Å². The van der Waals surface area contributed by atoms with Gasteiger partial charge in [-0.15, -0.1) is 0 Å². The Morgan fingerprint density at radius 3 is 2.83 bits per heavy atom. The summed E-state index contributed by atoms with van der Waals surface area (Å²) < 4.78 is 12.0. The van der Waals surface area contributed by atoms with Gasteiger partial charge in [0.15, 0.2) is 5.76 Å². The van der Waals surface area contributed by atoms with Crippen LogP contribution in [0.5, 0.6) is 5.75 Å². The van der Waals surface area contributed by atoms with Crippen LogP contribution in [0.15, 0.2) is 56.5 Å². The lowest BCUT2D eigenvalue weighted by Gasteiger charge is -2.14. The number of nitrogens with one attached hydrogen (secondary N) is 1. The Morgan fingerprint density at radius 2 is 2.14 bits per heavy atom. The summed E-state index contributed by atoms with van der Waals surface area (Å²) in [5.41, 5.74) is 3.44. The van der Waals surface area contributed by atoms with Gasteiger partial charge in [0, 0.05) is 17.5 Å². The molecule has 150 valence electrons. The Balaban J connectivity index is 1.67. The number of nitro benzene ring substituents is 1. The van der Waals surface area contributed by atoms with Gasteiger partial charge >= 0.3 is 5.91 Å². The molecule has 0 unspecified atom stereocenters. The lowest BCUT2D eigenvalue weighted by Crippen LogP contribution is -2.16. The first kappa shape index (κ1) is 20.5. The molecule has 1 heterocycles. The number of hydrogen-bond acceptors (Lipinski definition) is 6. The Kier molecular flexibility index (Phi) is 6.28. The summed E-state index contributed by atoms with van der Waals surface area (Å²) in [6.07, 6.45) is 2.50. The maximum absolute atomic E-state index is 12.2. The maximum atomic E-state index is 12.2. The van der Waals surface area contributed by atoms with Crippen molar-refractivity contribution in [3.8, 4) is 5.75 Å². The van der Waals surface area contributed by atoms with E-state index in [0.717, 1.165) is 22.2 Å². The van der Waals surface area contributed by atoms with Crippen LogP contribution in [0.1, 0.15) is 36.4 Å². The summed E-state index contributed by atoms with van der Waals surface area (Å²) in [6, 6.07) is 11.0. The summed E-state index contributed by atoms with van der Waals surface area (Å²) in [4.78, 5) is 22.6. The van der Waals surface area contributed by atoms with Crippen LogP contribution in [0.3, 0.4) is 0 Å². The van der Waals surface area contributed by atoms with Crippen molar-refractivity contribution in [1.29, 1.82) is 0 Å². The fourth-order valence-electron chi connectivity index (χ4n) is 2.47. The lowest BCUT2D eigenvalue weighted by molar-refractivity contribution is -0.384. The molecule has 1 N–H and O–H groups in total. The predicted octanol–water partition coefficient (Wildman–Crippen LogP) is 5.04. The second-order valence-electron chi connectivity index (χ2n) is 6.32. The number of nitro groups is 1. The molecule has 8 nitrogen and oxygen atoms in total. The molecule has 1 amide bonds. The number of non-ortho nitro benzene ring substituents is 1. The van der Waals surface area contributed by atoms with Crippen LogP contribution in [0.4, 0.5) is 5.69 Å². The average Bonchev–Trinajstić information content (AvgIpc) is 3.13. The SMILES string of the molecule is CC[C@@H](C)Oc1ccc(/C=N\NC(=O)c2cc3cc([N+](=O)[O-])ccc3o2)cc1Br. The number of ether oxygens (including phenoxy) is 1. The van der Waals surface area contributed by atoms with E-state index in [9.17, 15) is 14.9 Å². The molecule has 1 atom stereocenters. The van der Waals surface area contributed by atoms with Crippen molar-refractivity contribution in [3.63, 3.8) is 0 Å². The largest absolute Gasteiger partial charge is 0.490 e. The van der Waals surface area contributed by atoms with Crippen LogP contribution in [0, 0.1) is 10.1 Å². The highest BCUT2D eigenvalue weighted by Gasteiger charge is 2.14. The monoisotopic (exact) mass is 459 g/mol. The highest BCUT2D eigenvalue weighted by atomic mass is 79.9. The minimum Gasteiger partial charge on any atom is -0.490 e. The zero-order valence-electron chi connectivity index (χ0n) is 15.7. The minimum absolute atomic E-state index is 0.0103. The Hall–Kier alpha value is -3.20. The predicted molar refractivity (Wildman–Crippen MR) is 112 cm³/mol. The third kappa shape index (κ3) is 5.00. The molecule has 1 aromatic heterocycles. The van der Waals surface area contributed by atoms with Crippen molar-refractivity contribution in [2.75, 3.05) is 0 Å². The first-order chi connectivity index (χ1) is 13.9. The van der Waals surface area contributed by atoms with Gasteiger partial charge in [0.25, 0.3) is 5.69 Å². The fourth-order valence-corrected chi connectivity index (χ4v) is 2.96. The van der Waals surface area contributed by atoms with E-state index in [0.29, 0.717) is 11.0 Å². The van der Waals surface area contributed by atoms with Gasteiger partial charge in [-0.3, -0.25) is 14.9 Å². The van der Waals surface area contributed by atoms with Gasteiger partial charge in [0.1, 0.15) is 11.3 Å². The number of amides is 1. The molecular weight excluding hydrogens is 442 g/mol. The van der Waals surface area contributed by atoms with Gasteiger partial charge < -0.3 is 9.15 Å². The minimum atomic E-state index is -0.559. The molecule has 9 heteroatoms. The van der Waals surface area contributed by atoms with Gasteiger partial charge in [-0.1, -0.05) is 6.92 Å². The molecule has 3 rings (SSSR count). The quantitative estimate of drug-likeness (QED) is 0.302.